The average Bonchev–Trinajstić information content (AvgIpc) is 3.09. The Morgan fingerprint density at radius 3 is 2.22 bits per heavy atom. The third-order valence-electron chi connectivity index (χ3n) is 6.08. The van der Waals surface area contributed by atoms with Gasteiger partial charge in [0.25, 0.3) is 5.91 Å². The number of ether oxygens (including phenoxy) is 1. The molecule has 7 nitrogen and oxygen atoms in total. The molecule has 2 aromatic rings. The van der Waals surface area contributed by atoms with Crippen LogP contribution in [0.1, 0.15) is 41.6 Å². The fraction of sp³-hybridized carbons (Fsp3) is 0.458. The van der Waals surface area contributed by atoms with E-state index in [4.69, 9.17) is 4.74 Å². The number of nitrogens with one attached hydrogen (secondary N) is 1. The van der Waals surface area contributed by atoms with E-state index in [1.807, 2.05) is 25.1 Å². The first-order valence-corrected chi connectivity index (χ1v) is 12.7. The minimum atomic E-state index is -3.66. The van der Waals surface area contributed by atoms with Crippen LogP contribution >= 0.6 is 0 Å². The Hall–Kier alpha value is -2.42. The van der Waals surface area contributed by atoms with E-state index in [0.717, 1.165) is 37.2 Å². The van der Waals surface area contributed by atoms with Gasteiger partial charge in [-0.15, -0.1) is 0 Å². The van der Waals surface area contributed by atoms with E-state index in [1.165, 1.54) is 17.1 Å². The highest BCUT2D eigenvalue weighted by atomic mass is 32.2. The van der Waals surface area contributed by atoms with Crippen molar-refractivity contribution >= 4 is 27.3 Å². The van der Waals surface area contributed by atoms with Gasteiger partial charge < -0.3 is 15.0 Å². The van der Waals surface area contributed by atoms with Gasteiger partial charge in [0.05, 0.1) is 29.5 Å². The van der Waals surface area contributed by atoms with Gasteiger partial charge in [-0.25, -0.2) is 8.42 Å². The van der Waals surface area contributed by atoms with Crippen molar-refractivity contribution in [2.45, 2.75) is 37.5 Å². The maximum atomic E-state index is 13.2. The van der Waals surface area contributed by atoms with Crippen LogP contribution in [0, 0.1) is 6.92 Å². The topological polar surface area (TPSA) is 79.0 Å². The Kier molecular flexibility index (Phi) is 7.13. The van der Waals surface area contributed by atoms with Crippen molar-refractivity contribution in [3.05, 3.63) is 53.6 Å². The Labute approximate surface area is 190 Å². The number of benzene rings is 2. The van der Waals surface area contributed by atoms with Crippen molar-refractivity contribution in [1.82, 2.24) is 4.31 Å². The van der Waals surface area contributed by atoms with E-state index in [9.17, 15) is 13.2 Å². The average molecular weight is 458 g/mol. The van der Waals surface area contributed by atoms with Gasteiger partial charge in [0.15, 0.2) is 0 Å². The van der Waals surface area contributed by atoms with Crippen LogP contribution in [-0.4, -0.2) is 58.0 Å². The molecule has 4 rings (SSSR count). The number of amides is 1. The van der Waals surface area contributed by atoms with Crippen LogP contribution in [0.2, 0.25) is 0 Å². The van der Waals surface area contributed by atoms with E-state index in [1.54, 1.807) is 24.3 Å². The molecule has 8 heteroatoms. The van der Waals surface area contributed by atoms with Crippen molar-refractivity contribution in [3.8, 4) is 0 Å². The summed E-state index contributed by atoms with van der Waals surface area (Å²) in [4.78, 5) is 15.4. The van der Waals surface area contributed by atoms with Gasteiger partial charge in [-0.3, -0.25) is 4.79 Å². The first-order chi connectivity index (χ1) is 15.4. The van der Waals surface area contributed by atoms with Crippen molar-refractivity contribution in [1.29, 1.82) is 0 Å². The Balaban J connectivity index is 1.68. The molecule has 1 amide bonds. The second-order valence-electron chi connectivity index (χ2n) is 8.42. The fourth-order valence-electron chi connectivity index (χ4n) is 4.20. The highest BCUT2D eigenvalue weighted by Crippen LogP contribution is 2.32. The molecular weight excluding hydrogens is 426 g/mol. The lowest BCUT2D eigenvalue weighted by Gasteiger charge is -2.28. The monoisotopic (exact) mass is 457 g/mol. The number of carbonyl (C=O) groups is 1. The molecule has 0 saturated carbocycles. The third-order valence-corrected chi connectivity index (χ3v) is 7.98. The van der Waals surface area contributed by atoms with Crippen LogP contribution in [0.3, 0.4) is 0 Å². The molecule has 0 unspecified atom stereocenters. The zero-order valence-corrected chi connectivity index (χ0v) is 19.4. The van der Waals surface area contributed by atoms with Gasteiger partial charge in [-0.2, -0.15) is 4.31 Å². The molecule has 2 saturated heterocycles. The molecule has 32 heavy (non-hydrogen) atoms. The Morgan fingerprint density at radius 1 is 0.906 bits per heavy atom. The molecule has 0 aliphatic carbocycles. The molecule has 2 aromatic carbocycles. The lowest BCUT2D eigenvalue weighted by Crippen LogP contribution is -2.40. The van der Waals surface area contributed by atoms with Gasteiger partial charge in [0.2, 0.25) is 10.0 Å². The number of morpholine rings is 1. The standard InChI is InChI=1S/C24H31N3O4S/c1-19-6-8-20(9-7-19)24(28)25-22-18-21(32(29,30)27-14-16-31-17-15-27)10-11-23(22)26-12-4-2-3-5-13-26/h6-11,18H,2-5,12-17H2,1H3,(H,25,28). The van der Waals surface area contributed by atoms with Crippen molar-refractivity contribution in [2.75, 3.05) is 49.6 Å². The molecule has 0 bridgehead atoms. The van der Waals surface area contributed by atoms with E-state index < -0.39 is 10.0 Å². The van der Waals surface area contributed by atoms with Crippen LogP contribution in [0.4, 0.5) is 11.4 Å². The molecular formula is C24H31N3O4S. The summed E-state index contributed by atoms with van der Waals surface area (Å²) in [5.74, 6) is -0.248. The van der Waals surface area contributed by atoms with E-state index in [2.05, 4.69) is 10.2 Å². The quantitative estimate of drug-likeness (QED) is 0.742. The zero-order valence-electron chi connectivity index (χ0n) is 18.5. The van der Waals surface area contributed by atoms with Gasteiger partial charge in [0, 0.05) is 31.7 Å². The summed E-state index contributed by atoms with van der Waals surface area (Å²) in [6.45, 7) is 5.21. The lowest BCUT2D eigenvalue weighted by molar-refractivity contribution is 0.0730. The molecule has 0 aromatic heterocycles. The summed E-state index contributed by atoms with van der Waals surface area (Å²) in [6, 6.07) is 12.5. The van der Waals surface area contributed by atoms with Gasteiger partial charge in [-0.1, -0.05) is 30.5 Å². The van der Waals surface area contributed by atoms with Crippen molar-refractivity contribution < 1.29 is 17.9 Å². The van der Waals surface area contributed by atoms with Crippen LogP contribution in [0.25, 0.3) is 0 Å². The highest BCUT2D eigenvalue weighted by Gasteiger charge is 2.28. The number of hydrogen-bond acceptors (Lipinski definition) is 5. The third kappa shape index (κ3) is 5.14. The van der Waals surface area contributed by atoms with E-state index in [0.29, 0.717) is 37.6 Å². The predicted octanol–water partition coefficient (Wildman–Crippen LogP) is 3.65. The summed E-state index contributed by atoms with van der Waals surface area (Å²) >= 11 is 0. The second kappa shape index (κ2) is 10.0. The van der Waals surface area contributed by atoms with Gasteiger partial charge in [-0.05, 0) is 50.1 Å². The minimum absolute atomic E-state index is 0.192. The molecule has 2 aliphatic rings. The predicted molar refractivity (Wildman–Crippen MR) is 126 cm³/mol. The normalized spacial score (nSPS) is 18.2. The maximum absolute atomic E-state index is 13.2. The van der Waals surface area contributed by atoms with Crippen molar-refractivity contribution in [2.24, 2.45) is 0 Å². The smallest absolute Gasteiger partial charge is 0.255 e. The van der Waals surface area contributed by atoms with E-state index >= 15 is 0 Å². The van der Waals surface area contributed by atoms with Crippen LogP contribution in [-0.2, 0) is 14.8 Å². The summed E-state index contributed by atoms with van der Waals surface area (Å²) in [6.07, 6.45) is 4.54. The number of aryl methyl sites for hydroxylation is 1. The zero-order chi connectivity index (χ0) is 22.6. The molecule has 2 heterocycles. The number of hydrogen-bond donors (Lipinski definition) is 1. The largest absolute Gasteiger partial charge is 0.379 e. The Bertz CT molecular complexity index is 1040. The molecule has 2 fully saturated rings. The minimum Gasteiger partial charge on any atom is -0.379 e. The summed E-state index contributed by atoms with van der Waals surface area (Å²) in [5, 5.41) is 2.99. The summed E-state index contributed by atoms with van der Waals surface area (Å²) in [7, 11) is -3.66. The van der Waals surface area contributed by atoms with Gasteiger partial charge in [0.1, 0.15) is 0 Å². The number of carbonyl (C=O) groups excluding carboxylic acids is 1. The molecule has 1 N–H and O–H groups in total. The number of sulfonamides is 1. The lowest BCUT2D eigenvalue weighted by atomic mass is 10.1. The highest BCUT2D eigenvalue weighted by molar-refractivity contribution is 7.89. The molecule has 0 radical (unpaired) electrons. The van der Waals surface area contributed by atoms with Crippen LogP contribution in [0.15, 0.2) is 47.4 Å². The molecule has 0 atom stereocenters. The molecule has 172 valence electrons. The molecule has 2 aliphatic heterocycles. The summed E-state index contributed by atoms with van der Waals surface area (Å²) < 4.78 is 33.2. The summed E-state index contributed by atoms with van der Waals surface area (Å²) in [5.41, 5.74) is 3.02. The first kappa shape index (κ1) is 22.8. The van der Waals surface area contributed by atoms with Gasteiger partial charge >= 0.3 is 0 Å². The Morgan fingerprint density at radius 2 is 1.56 bits per heavy atom. The number of anilines is 2. The van der Waals surface area contributed by atoms with Crippen LogP contribution < -0.4 is 10.2 Å². The molecule has 0 spiro atoms. The fourth-order valence-corrected chi connectivity index (χ4v) is 5.63. The van der Waals surface area contributed by atoms with E-state index in [-0.39, 0.29) is 10.8 Å². The van der Waals surface area contributed by atoms with Crippen molar-refractivity contribution in [3.63, 3.8) is 0 Å². The maximum Gasteiger partial charge on any atom is 0.255 e. The first-order valence-electron chi connectivity index (χ1n) is 11.3. The number of nitrogens with zero attached hydrogens (tertiary/aromatic N) is 2. The number of rotatable bonds is 5. The SMILES string of the molecule is Cc1ccc(C(=O)Nc2cc(S(=O)(=O)N3CCOCC3)ccc2N2CCCCCC2)cc1. The second-order valence-corrected chi connectivity index (χ2v) is 10.4. The van der Waals surface area contributed by atoms with Crippen LogP contribution in [0.5, 0.6) is 0 Å².